The molecule has 0 saturated carbocycles. The number of hydrogen-bond acceptors (Lipinski definition) is 7. The lowest BCUT2D eigenvalue weighted by atomic mass is 10.0. The Morgan fingerprint density at radius 1 is 1.22 bits per heavy atom. The van der Waals surface area contributed by atoms with Gasteiger partial charge < -0.3 is 20.1 Å². The zero-order valence-electron chi connectivity index (χ0n) is 18.0. The Hall–Kier alpha value is -3.43. The summed E-state index contributed by atoms with van der Waals surface area (Å²) in [5.74, 6) is 0.166. The Morgan fingerprint density at radius 2 is 2.03 bits per heavy atom. The molecule has 9 nitrogen and oxygen atoms in total. The summed E-state index contributed by atoms with van der Waals surface area (Å²) in [7, 11) is 0. The largest absolute Gasteiger partial charge is 0.395 e. The van der Waals surface area contributed by atoms with Crippen LogP contribution < -0.4 is 5.32 Å². The second kappa shape index (κ2) is 9.37. The van der Waals surface area contributed by atoms with Crippen LogP contribution in [0.15, 0.2) is 36.5 Å². The maximum atomic E-state index is 13.1. The van der Waals surface area contributed by atoms with Gasteiger partial charge in [0.05, 0.1) is 47.8 Å². The van der Waals surface area contributed by atoms with Crippen molar-refractivity contribution in [2.24, 2.45) is 0 Å². The minimum atomic E-state index is -0.478. The third-order valence-electron chi connectivity index (χ3n) is 5.39. The van der Waals surface area contributed by atoms with Crippen LogP contribution in [0.3, 0.4) is 0 Å². The van der Waals surface area contributed by atoms with Crippen LogP contribution in [-0.4, -0.2) is 69.6 Å². The number of nitrogens with one attached hydrogen (secondary N) is 1. The van der Waals surface area contributed by atoms with Gasteiger partial charge in [-0.3, -0.25) is 9.59 Å². The van der Waals surface area contributed by atoms with Crippen LogP contribution in [0.1, 0.15) is 44.0 Å². The topological polar surface area (TPSA) is 118 Å². The lowest BCUT2D eigenvalue weighted by Crippen LogP contribution is -2.43. The molecular weight excluding hydrogens is 410 g/mol. The summed E-state index contributed by atoms with van der Waals surface area (Å²) in [5, 5.41) is 12.5. The molecule has 0 aliphatic carbocycles. The van der Waals surface area contributed by atoms with E-state index in [4.69, 9.17) is 14.8 Å². The smallest absolute Gasteiger partial charge is 0.257 e. The minimum Gasteiger partial charge on any atom is -0.395 e. The molecule has 1 aliphatic rings. The first-order valence-corrected chi connectivity index (χ1v) is 10.5. The van der Waals surface area contributed by atoms with Gasteiger partial charge in [0.2, 0.25) is 0 Å². The van der Waals surface area contributed by atoms with Gasteiger partial charge >= 0.3 is 0 Å². The number of aromatic nitrogens is 3. The molecule has 0 bridgehead atoms. The van der Waals surface area contributed by atoms with Crippen LogP contribution in [0.25, 0.3) is 10.9 Å². The number of aryl methyl sites for hydroxylation is 2. The number of aliphatic hydroxyl groups is 1. The highest BCUT2D eigenvalue weighted by atomic mass is 16.5. The monoisotopic (exact) mass is 435 g/mol. The highest BCUT2D eigenvalue weighted by Gasteiger charge is 2.29. The first kappa shape index (κ1) is 21.8. The summed E-state index contributed by atoms with van der Waals surface area (Å²) in [6.45, 7) is 4.68. The molecule has 1 fully saturated rings. The van der Waals surface area contributed by atoms with Crippen molar-refractivity contribution in [2.75, 3.05) is 32.8 Å². The number of ether oxygens (including phenoxy) is 1. The minimum absolute atomic E-state index is 0.146. The van der Waals surface area contributed by atoms with E-state index in [-0.39, 0.29) is 25.0 Å². The van der Waals surface area contributed by atoms with E-state index in [9.17, 15) is 9.59 Å². The van der Waals surface area contributed by atoms with E-state index in [1.165, 1.54) is 0 Å². The van der Waals surface area contributed by atoms with Crippen LogP contribution in [0, 0.1) is 13.8 Å². The number of para-hydroxylation sites is 1. The lowest BCUT2D eigenvalue weighted by molar-refractivity contribution is -0.0246. The molecule has 1 aromatic carbocycles. The molecule has 1 atom stereocenters. The number of hydrogen-bond donors (Lipinski definition) is 2. The molecular formula is C23H25N5O4. The van der Waals surface area contributed by atoms with Gasteiger partial charge in [-0.25, -0.2) is 15.0 Å². The predicted octanol–water partition coefficient (Wildman–Crippen LogP) is 1.58. The molecule has 2 N–H and O–H groups in total. The number of carbonyl (C=O) groups excluding carboxylic acids is 2. The normalized spacial score (nSPS) is 16.2. The molecule has 0 unspecified atom stereocenters. The zero-order chi connectivity index (χ0) is 22.7. The highest BCUT2D eigenvalue weighted by molar-refractivity contribution is 6.06. The average molecular weight is 435 g/mol. The average Bonchev–Trinajstić information content (AvgIpc) is 2.81. The number of aliphatic hydroxyl groups excluding tert-OH is 1. The summed E-state index contributed by atoms with van der Waals surface area (Å²) in [6, 6.07) is 9.06. The van der Waals surface area contributed by atoms with Gasteiger partial charge in [0, 0.05) is 24.7 Å². The number of fused-ring (bicyclic) bond motifs is 1. The summed E-state index contributed by atoms with van der Waals surface area (Å²) in [6.07, 6.45) is 1.08. The van der Waals surface area contributed by atoms with E-state index in [0.29, 0.717) is 58.9 Å². The molecule has 3 aromatic rings. The molecule has 1 aliphatic heterocycles. The summed E-state index contributed by atoms with van der Waals surface area (Å²) < 4.78 is 5.94. The number of amides is 2. The van der Waals surface area contributed by atoms with Gasteiger partial charge in [0.25, 0.3) is 11.8 Å². The number of pyridine rings is 1. The first-order valence-electron chi connectivity index (χ1n) is 10.5. The maximum Gasteiger partial charge on any atom is 0.257 e. The predicted molar refractivity (Wildman–Crippen MR) is 117 cm³/mol. The summed E-state index contributed by atoms with van der Waals surface area (Å²) >= 11 is 0. The van der Waals surface area contributed by atoms with Crippen molar-refractivity contribution in [3.63, 3.8) is 0 Å². The molecule has 2 aromatic heterocycles. The van der Waals surface area contributed by atoms with Crippen molar-refractivity contribution in [3.05, 3.63) is 64.9 Å². The van der Waals surface area contributed by atoms with Gasteiger partial charge in [-0.05, 0) is 26.0 Å². The fourth-order valence-electron chi connectivity index (χ4n) is 3.79. The molecule has 3 heterocycles. The molecule has 0 radical (unpaired) electrons. The van der Waals surface area contributed by atoms with Crippen LogP contribution in [0.5, 0.6) is 0 Å². The van der Waals surface area contributed by atoms with Crippen LogP contribution in [0.4, 0.5) is 0 Å². The molecule has 9 heteroatoms. The molecule has 2 amide bonds. The Labute approximate surface area is 185 Å². The fourth-order valence-corrected chi connectivity index (χ4v) is 3.79. The Balaban J connectivity index is 1.63. The molecule has 0 spiro atoms. The summed E-state index contributed by atoms with van der Waals surface area (Å²) in [4.78, 5) is 40.7. The zero-order valence-corrected chi connectivity index (χ0v) is 18.0. The van der Waals surface area contributed by atoms with Gasteiger partial charge in [-0.2, -0.15) is 0 Å². The lowest BCUT2D eigenvalue weighted by Gasteiger charge is -2.33. The highest BCUT2D eigenvalue weighted by Crippen LogP contribution is 2.27. The SMILES string of the molecule is Cc1ncc(C(=O)N2CCO[C@@H](c3cc(C(=O)NCCO)c4ccccc4n3)C2)c(C)n1. The van der Waals surface area contributed by atoms with Gasteiger partial charge in [0.15, 0.2) is 0 Å². The van der Waals surface area contributed by atoms with E-state index >= 15 is 0 Å². The van der Waals surface area contributed by atoms with Crippen molar-refractivity contribution in [1.82, 2.24) is 25.2 Å². The number of carbonyl (C=O) groups is 2. The summed E-state index contributed by atoms with van der Waals surface area (Å²) in [5.41, 5.74) is 2.79. The molecule has 1 saturated heterocycles. The van der Waals surface area contributed by atoms with E-state index in [0.717, 1.165) is 0 Å². The van der Waals surface area contributed by atoms with Gasteiger partial charge in [0.1, 0.15) is 11.9 Å². The number of morpholine rings is 1. The third-order valence-corrected chi connectivity index (χ3v) is 5.39. The molecule has 32 heavy (non-hydrogen) atoms. The standard InChI is InChI=1S/C23H25N5O4/c1-14-18(12-25-15(2)26-14)23(31)28-8-10-32-21(13-28)20-11-17(22(30)24-7-9-29)16-5-3-4-6-19(16)27-20/h3-6,11-12,21,29H,7-10,13H2,1-2H3,(H,24,30)/t21-/m1/s1. The van der Waals surface area contributed by atoms with Crippen molar-refractivity contribution in [1.29, 1.82) is 0 Å². The second-order valence-corrected chi connectivity index (χ2v) is 7.62. The van der Waals surface area contributed by atoms with Crippen molar-refractivity contribution in [3.8, 4) is 0 Å². The molecule has 4 rings (SSSR count). The van der Waals surface area contributed by atoms with Gasteiger partial charge in [-0.1, -0.05) is 18.2 Å². The quantitative estimate of drug-likeness (QED) is 0.625. The maximum absolute atomic E-state index is 13.1. The van der Waals surface area contributed by atoms with E-state index in [2.05, 4.69) is 15.3 Å². The Morgan fingerprint density at radius 3 is 2.81 bits per heavy atom. The Bertz CT molecular complexity index is 1170. The third kappa shape index (κ3) is 4.44. The number of rotatable bonds is 5. The fraction of sp³-hybridized carbons (Fsp3) is 0.348. The van der Waals surface area contributed by atoms with Gasteiger partial charge in [-0.15, -0.1) is 0 Å². The van der Waals surface area contributed by atoms with Crippen LogP contribution in [-0.2, 0) is 4.74 Å². The van der Waals surface area contributed by atoms with Crippen molar-refractivity contribution < 1.29 is 19.4 Å². The molecule has 166 valence electrons. The first-order chi connectivity index (χ1) is 15.5. The van der Waals surface area contributed by atoms with Crippen molar-refractivity contribution in [2.45, 2.75) is 20.0 Å². The van der Waals surface area contributed by atoms with Crippen LogP contribution in [0.2, 0.25) is 0 Å². The Kier molecular flexibility index (Phi) is 6.38. The van der Waals surface area contributed by atoms with Crippen molar-refractivity contribution >= 4 is 22.7 Å². The number of nitrogens with zero attached hydrogens (tertiary/aromatic N) is 4. The second-order valence-electron chi connectivity index (χ2n) is 7.62. The van der Waals surface area contributed by atoms with Crippen LogP contribution >= 0.6 is 0 Å². The van der Waals surface area contributed by atoms with E-state index < -0.39 is 6.10 Å². The van der Waals surface area contributed by atoms with E-state index in [1.807, 2.05) is 24.3 Å². The number of benzene rings is 1. The van der Waals surface area contributed by atoms with E-state index in [1.54, 1.807) is 31.0 Å².